The van der Waals surface area contributed by atoms with Gasteiger partial charge in [0.2, 0.25) is 0 Å². The highest BCUT2D eigenvalue weighted by Gasteiger charge is 2.18. The van der Waals surface area contributed by atoms with Gasteiger partial charge in [0.15, 0.2) is 0 Å². The van der Waals surface area contributed by atoms with E-state index in [9.17, 15) is 9.59 Å². The molecule has 0 aliphatic rings. The van der Waals surface area contributed by atoms with Crippen molar-refractivity contribution in [3.8, 4) is 0 Å². The van der Waals surface area contributed by atoms with Crippen molar-refractivity contribution in [2.45, 2.75) is 6.04 Å². The number of carbonyl (C=O) groups is 2. The first kappa shape index (κ1) is 10.2. The third-order valence-corrected chi connectivity index (χ3v) is 1.61. The number of hydrogen-bond acceptors (Lipinski definition) is 4. The fourth-order valence-electron chi connectivity index (χ4n) is 0.959. The Hall–Kier alpha value is -1.88. The summed E-state index contributed by atoms with van der Waals surface area (Å²) in [7, 11) is 0. The van der Waals surface area contributed by atoms with E-state index in [-0.39, 0.29) is 0 Å². The van der Waals surface area contributed by atoms with Gasteiger partial charge in [-0.2, -0.15) is 0 Å². The van der Waals surface area contributed by atoms with Crippen molar-refractivity contribution in [1.82, 2.24) is 0 Å². The van der Waals surface area contributed by atoms with Crippen LogP contribution in [0.5, 0.6) is 0 Å². The fourth-order valence-corrected chi connectivity index (χ4v) is 0.959. The zero-order chi connectivity index (χ0) is 10.6. The topological polar surface area (TPSA) is 95.4 Å². The summed E-state index contributed by atoms with van der Waals surface area (Å²) in [5.41, 5.74) is 10.7. The lowest BCUT2D eigenvalue weighted by molar-refractivity contribution is -0.138. The first-order valence-corrected chi connectivity index (χ1v) is 3.93. The minimum absolute atomic E-state index is 0.568. The van der Waals surface area contributed by atoms with E-state index in [0.29, 0.717) is 5.56 Å². The molecular weight excluding hydrogens is 184 g/mol. The first-order chi connectivity index (χ1) is 6.61. The van der Waals surface area contributed by atoms with E-state index in [0.717, 1.165) is 0 Å². The highest BCUT2D eigenvalue weighted by molar-refractivity contribution is 5.87. The minimum Gasteiger partial charge on any atom is -0.375 e. The van der Waals surface area contributed by atoms with Crippen molar-refractivity contribution in [2.75, 3.05) is 0 Å². The first-order valence-electron chi connectivity index (χ1n) is 3.93. The normalized spacial score (nSPS) is 11.8. The van der Waals surface area contributed by atoms with E-state index in [2.05, 4.69) is 10.5 Å². The maximum absolute atomic E-state index is 11.1. The standard InChI is InChI=1S/C9H10N2O3/c10-7(8(12)14-9(11)13)6-4-2-1-3-5-6/h1-5,7H,10H2,(H2,11,13). The molecule has 0 aliphatic heterocycles. The Morgan fingerprint density at radius 2 is 1.79 bits per heavy atom. The molecule has 4 N–H and O–H groups in total. The number of rotatable bonds is 2. The Balaban J connectivity index is 2.71. The number of ether oxygens (including phenoxy) is 1. The maximum atomic E-state index is 11.1. The predicted molar refractivity (Wildman–Crippen MR) is 49.0 cm³/mol. The molecule has 1 aromatic carbocycles. The van der Waals surface area contributed by atoms with Crippen LogP contribution in [0.25, 0.3) is 0 Å². The molecule has 0 saturated carbocycles. The van der Waals surface area contributed by atoms with E-state index in [1.807, 2.05) is 0 Å². The zero-order valence-electron chi connectivity index (χ0n) is 7.34. The summed E-state index contributed by atoms with van der Waals surface area (Å²) in [4.78, 5) is 21.4. The molecule has 0 radical (unpaired) electrons. The lowest BCUT2D eigenvalue weighted by Gasteiger charge is -2.08. The van der Waals surface area contributed by atoms with Gasteiger partial charge in [-0.25, -0.2) is 9.59 Å². The van der Waals surface area contributed by atoms with Gasteiger partial charge in [-0.05, 0) is 5.56 Å². The molecule has 14 heavy (non-hydrogen) atoms. The summed E-state index contributed by atoms with van der Waals surface area (Å²) in [6, 6.07) is 7.58. The molecule has 0 aliphatic carbocycles. The number of esters is 1. The molecule has 0 bridgehead atoms. The second-order valence-electron chi connectivity index (χ2n) is 2.63. The van der Waals surface area contributed by atoms with Crippen LogP contribution in [0.2, 0.25) is 0 Å². The minimum atomic E-state index is -1.15. The molecule has 0 aromatic heterocycles. The van der Waals surface area contributed by atoms with Crippen molar-refractivity contribution in [3.05, 3.63) is 35.9 Å². The Kier molecular flexibility index (Phi) is 3.19. The van der Waals surface area contributed by atoms with Crippen LogP contribution in [-0.2, 0) is 9.53 Å². The maximum Gasteiger partial charge on any atom is 0.412 e. The van der Waals surface area contributed by atoms with Gasteiger partial charge >= 0.3 is 12.1 Å². The van der Waals surface area contributed by atoms with Gasteiger partial charge in [-0.15, -0.1) is 0 Å². The quantitative estimate of drug-likeness (QED) is 0.523. The number of carbonyl (C=O) groups excluding carboxylic acids is 2. The number of amides is 1. The molecule has 0 saturated heterocycles. The summed E-state index contributed by atoms with van der Waals surface area (Å²) in [5, 5.41) is 0. The second-order valence-corrected chi connectivity index (χ2v) is 2.63. The third kappa shape index (κ3) is 2.56. The zero-order valence-corrected chi connectivity index (χ0v) is 7.34. The third-order valence-electron chi connectivity index (χ3n) is 1.61. The average Bonchev–Trinajstić information content (AvgIpc) is 2.17. The molecule has 0 spiro atoms. The van der Waals surface area contributed by atoms with Crippen molar-refractivity contribution >= 4 is 12.1 Å². The van der Waals surface area contributed by atoms with Crippen LogP contribution in [0.3, 0.4) is 0 Å². The SMILES string of the molecule is NC(=O)OC(=O)C(N)c1ccccc1. The van der Waals surface area contributed by atoms with Crippen LogP contribution in [0.4, 0.5) is 4.79 Å². The summed E-state index contributed by atoms with van der Waals surface area (Å²) >= 11 is 0. The predicted octanol–water partition coefficient (Wildman–Crippen LogP) is 0.308. The smallest absolute Gasteiger partial charge is 0.375 e. The molecule has 1 atom stereocenters. The number of primary amides is 1. The molecule has 5 nitrogen and oxygen atoms in total. The summed E-state index contributed by atoms with van der Waals surface area (Å²) in [6.07, 6.45) is -1.15. The number of nitrogens with two attached hydrogens (primary N) is 2. The fraction of sp³-hybridized carbons (Fsp3) is 0.111. The second kappa shape index (κ2) is 4.38. The van der Waals surface area contributed by atoms with Gasteiger partial charge in [0.05, 0.1) is 0 Å². The highest BCUT2D eigenvalue weighted by atomic mass is 16.6. The van der Waals surface area contributed by atoms with Crippen molar-refractivity contribution in [2.24, 2.45) is 11.5 Å². The Morgan fingerprint density at radius 3 is 2.29 bits per heavy atom. The van der Waals surface area contributed by atoms with Crippen LogP contribution in [0.1, 0.15) is 11.6 Å². The van der Waals surface area contributed by atoms with Gasteiger partial charge in [-0.1, -0.05) is 30.3 Å². The molecule has 1 aromatic rings. The van der Waals surface area contributed by atoms with Crippen LogP contribution in [-0.4, -0.2) is 12.1 Å². The Labute approximate surface area is 80.6 Å². The van der Waals surface area contributed by atoms with Crippen molar-refractivity contribution in [3.63, 3.8) is 0 Å². The molecule has 74 valence electrons. The van der Waals surface area contributed by atoms with Gasteiger partial charge in [0.1, 0.15) is 6.04 Å². The summed E-state index contributed by atoms with van der Waals surface area (Å²) < 4.78 is 4.14. The van der Waals surface area contributed by atoms with Crippen molar-refractivity contribution in [1.29, 1.82) is 0 Å². The largest absolute Gasteiger partial charge is 0.412 e. The summed E-state index contributed by atoms with van der Waals surface area (Å²) in [5.74, 6) is -0.858. The monoisotopic (exact) mass is 194 g/mol. The van der Waals surface area contributed by atoms with Gasteiger partial charge in [-0.3, -0.25) is 0 Å². The van der Waals surface area contributed by atoms with Gasteiger partial charge in [0.25, 0.3) is 0 Å². The van der Waals surface area contributed by atoms with E-state index in [1.165, 1.54) is 0 Å². The van der Waals surface area contributed by atoms with Crippen LogP contribution in [0.15, 0.2) is 30.3 Å². The molecule has 1 rings (SSSR count). The molecular formula is C9H10N2O3. The van der Waals surface area contributed by atoms with E-state index in [4.69, 9.17) is 5.73 Å². The van der Waals surface area contributed by atoms with Gasteiger partial charge in [0, 0.05) is 0 Å². The van der Waals surface area contributed by atoms with E-state index in [1.54, 1.807) is 30.3 Å². The highest BCUT2D eigenvalue weighted by Crippen LogP contribution is 2.10. The van der Waals surface area contributed by atoms with E-state index >= 15 is 0 Å². The molecule has 0 fully saturated rings. The molecule has 0 heterocycles. The Morgan fingerprint density at radius 1 is 1.21 bits per heavy atom. The van der Waals surface area contributed by atoms with Crippen LogP contribution in [0, 0.1) is 0 Å². The van der Waals surface area contributed by atoms with Crippen LogP contribution >= 0.6 is 0 Å². The lowest BCUT2D eigenvalue weighted by atomic mass is 10.1. The molecule has 5 heteroatoms. The van der Waals surface area contributed by atoms with Crippen molar-refractivity contribution < 1.29 is 14.3 Å². The lowest BCUT2D eigenvalue weighted by Crippen LogP contribution is -2.28. The molecule has 1 unspecified atom stereocenters. The number of hydrogen-bond donors (Lipinski definition) is 2. The van der Waals surface area contributed by atoms with Gasteiger partial charge < -0.3 is 16.2 Å². The van der Waals surface area contributed by atoms with E-state index < -0.39 is 18.1 Å². The average molecular weight is 194 g/mol. The number of benzene rings is 1. The van der Waals surface area contributed by atoms with Crippen LogP contribution < -0.4 is 11.5 Å². The Bertz CT molecular complexity index is 337. The molecule has 1 amide bonds. The summed E-state index contributed by atoms with van der Waals surface area (Å²) in [6.45, 7) is 0.